The van der Waals surface area contributed by atoms with Crippen molar-refractivity contribution >= 4 is 43.9 Å². The maximum absolute atomic E-state index is 14.1. The zero-order valence-electron chi connectivity index (χ0n) is 16.3. The van der Waals surface area contributed by atoms with E-state index < -0.39 is 54.0 Å². The van der Waals surface area contributed by atoms with E-state index in [0.717, 1.165) is 24.3 Å². The summed E-state index contributed by atoms with van der Waals surface area (Å²) in [5.41, 5.74) is -1.22. The molecule has 6 nitrogen and oxygen atoms in total. The third-order valence-electron chi connectivity index (χ3n) is 4.76. The van der Waals surface area contributed by atoms with E-state index in [1.165, 1.54) is 24.4 Å². The van der Waals surface area contributed by atoms with Gasteiger partial charge in [-0.15, -0.1) is 0 Å². The van der Waals surface area contributed by atoms with Gasteiger partial charge in [0, 0.05) is 18.0 Å². The zero-order valence-corrected chi connectivity index (χ0v) is 17.9. The number of carbonyl (C=O) groups is 1. The molecule has 0 atom stereocenters. The number of hydrogen-bond acceptors (Lipinski definition) is 4. The highest BCUT2D eigenvalue weighted by Gasteiger charge is 2.25. The largest absolute Gasteiger partial charge is 0.361 e. The van der Waals surface area contributed by atoms with Gasteiger partial charge in [0.25, 0.3) is 5.91 Å². The van der Waals surface area contributed by atoms with Crippen LogP contribution >= 0.6 is 11.6 Å². The predicted octanol–water partition coefficient (Wildman–Crippen LogP) is 4.68. The average Bonchev–Trinajstić information content (AvgIpc) is 2.75. The monoisotopic (exact) mass is 492 g/mol. The van der Waals surface area contributed by atoms with E-state index in [9.17, 15) is 31.2 Å². The van der Waals surface area contributed by atoms with Crippen molar-refractivity contribution in [2.75, 3.05) is 5.32 Å². The number of amides is 1. The summed E-state index contributed by atoms with van der Waals surface area (Å²) >= 11 is 5.91. The minimum absolute atomic E-state index is 0.0288. The fourth-order valence-corrected chi connectivity index (χ4v) is 5.01. The van der Waals surface area contributed by atoms with E-state index in [1.54, 1.807) is 0 Å². The van der Waals surface area contributed by atoms with Crippen molar-refractivity contribution in [1.82, 2.24) is 4.98 Å². The molecule has 33 heavy (non-hydrogen) atoms. The second-order valence-electron chi connectivity index (χ2n) is 6.87. The number of hydrogen-bond donors (Lipinski definition) is 2. The van der Waals surface area contributed by atoms with Gasteiger partial charge in [-0.05, 0) is 42.5 Å². The Morgan fingerprint density at radius 2 is 1.70 bits per heavy atom. The number of fused-ring (bicyclic) bond motifs is 1. The van der Waals surface area contributed by atoms with Gasteiger partial charge in [-0.1, -0.05) is 17.7 Å². The molecule has 0 spiro atoms. The lowest BCUT2D eigenvalue weighted by atomic mass is 10.1. The topological polar surface area (TPSA) is 96.1 Å². The number of rotatable bonds is 4. The van der Waals surface area contributed by atoms with Crippen molar-refractivity contribution in [2.45, 2.75) is 9.79 Å². The fourth-order valence-electron chi connectivity index (χ4n) is 3.24. The molecule has 0 aliphatic rings. The average molecular weight is 493 g/mol. The summed E-state index contributed by atoms with van der Waals surface area (Å²) < 4.78 is 67.7. The molecular weight excluding hydrogens is 481 g/mol. The zero-order chi connectivity index (χ0) is 23.9. The Hall–Kier alpha value is -3.63. The minimum Gasteiger partial charge on any atom is -0.361 e. The number of benzene rings is 3. The molecule has 0 bridgehead atoms. The van der Waals surface area contributed by atoms with Crippen molar-refractivity contribution in [3.8, 4) is 0 Å². The SMILES string of the molecule is O=C(Nc1cc(S(=O)(=O)c2ccc(F)c(F)c2)c2c(=O)cc[nH]c2c1)c1c(F)cccc1Cl. The van der Waals surface area contributed by atoms with Crippen LogP contribution in [0.25, 0.3) is 10.9 Å². The lowest BCUT2D eigenvalue weighted by Gasteiger charge is -2.13. The molecule has 0 saturated heterocycles. The highest BCUT2D eigenvalue weighted by molar-refractivity contribution is 7.91. The number of anilines is 1. The van der Waals surface area contributed by atoms with Gasteiger partial charge in [0.05, 0.1) is 31.3 Å². The molecule has 4 rings (SSSR count). The quantitative estimate of drug-likeness (QED) is 0.404. The summed E-state index contributed by atoms with van der Waals surface area (Å²) in [5, 5.41) is 1.92. The summed E-state index contributed by atoms with van der Waals surface area (Å²) in [5.74, 6) is -4.51. The van der Waals surface area contributed by atoms with Crippen molar-refractivity contribution in [2.24, 2.45) is 0 Å². The van der Waals surface area contributed by atoms with Crippen LogP contribution in [0.5, 0.6) is 0 Å². The Kier molecular flexibility index (Phi) is 5.73. The van der Waals surface area contributed by atoms with Gasteiger partial charge < -0.3 is 10.3 Å². The molecule has 11 heteroatoms. The van der Waals surface area contributed by atoms with Crippen LogP contribution in [0.4, 0.5) is 18.9 Å². The highest BCUT2D eigenvalue weighted by atomic mass is 35.5. The molecule has 0 unspecified atom stereocenters. The maximum atomic E-state index is 14.1. The summed E-state index contributed by atoms with van der Waals surface area (Å²) in [6, 6.07) is 8.94. The van der Waals surface area contributed by atoms with E-state index in [-0.39, 0.29) is 21.6 Å². The third-order valence-corrected chi connectivity index (χ3v) is 6.85. The number of aromatic amines is 1. The van der Waals surface area contributed by atoms with Crippen LogP contribution in [0.1, 0.15) is 10.4 Å². The number of carbonyl (C=O) groups excluding carboxylic acids is 1. The lowest BCUT2D eigenvalue weighted by Crippen LogP contribution is -2.16. The Bertz CT molecular complexity index is 1580. The summed E-state index contributed by atoms with van der Waals surface area (Å²) in [7, 11) is -4.54. The van der Waals surface area contributed by atoms with Crippen molar-refractivity contribution in [3.63, 3.8) is 0 Å². The first-order chi connectivity index (χ1) is 15.6. The van der Waals surface area contributed by atoms with Gasteiger partial charge in [0.1, 0.15) is 5.82 Å². The lowest BCUT2D eigenvalue weighted by molar-refractivity contribution is 0.102. The van der Waals surface area contributed by atoms with Crippen LogP contribution in [0.2, 0.25) is 5.02 Å². The Labute approximate surface area is 189 Å². The molecule has 168 valence electrons. The Morgan fingerprint density at radius 3 is 2.39 bits per heavy atom. The summed E-state index contributed by atoms with van der Waals surface area (Å²) in [6.45, 7) is 0. The van der Waals surface area contributed by atoms with Crippen LogP contribution in [-0.4, -0.2) is 19.3 Å². The van der Waals surface area contributed by atoms with Gasteiger partial charge >= 0.3 is 0 Å². The van der Waals surface area contributed by atoms with Crippen LogP contribution in [0.15, 0.2) is 75.4 Å². The van der Waals surface area contributed by atoms with E-state index in [2.05, 4.69) is 10.3 Å². The summed E-state index contributed by atoms with van der Waals surface area (Å²) in [4.78, 5) is 26.6. The minimum atomic E-state index is -4.54. The smallest absolute Gasteiger partial charge is 0.260 e. The maximum Gasteiger partial charge on any atom is 0.260 e. The highest BCUT2D eigenvalue weighted by Crippen LogP contribution is 2.30. The van der Waals surface area contributed by atoms with E-state index in [1.807, 2.05) is 0 Å². The van der Waals surface area contributed by atoms with Crippen LogP contribution in [-0.2, 0) is 9.84 Å². The molecule has 1 amide bonds. The van der Waals surface area contributed by atoms with Gasteiger partial charge in [-0.2, -0.15) is 0 Å². The number of pyridine rings is 1. The van der Waals surface area contributed by atoms with Crippen molar-refractivity contribution in [1.29, 1.82) is 0 Å². The number of halogens is 4. The molecule has 0 saturated carbocycles. The van der Waals surface area contributed by atoms with Crippen LogP contribution in [0, 0.1) is 17.5 Å². The van der Waals surface area contributed by atoms with Gasteiger partial charge in [-0.25, -0.2) is 21.6 Å². The van der Waals surface area contributed by atoms with Crippen LogP contribution in [0.3, 0.4) is 0 Å². The Balaban J connectivity index is 1.90. The molecule has 4 aromatic rings. The molecule has 0 aliphatic heterocycles. The summed E-state index contributed by atoms with van der Waals surface area (Å²) in [6.07, 6.45) is 1.26. The first-order valence-corrected chi connectivity index (χ1v) is 11.1. The van der Waals surface area contributed by atoms with Gasteiger partial charge in [0.15, 0.2) is 17.1 Å². The number of sulfone groups is 1. The standard InChI is InChI=1S/C22H12ClF3N2O4S/c23-13-2-1-3-15(25)20(13)22(30)28-11-8-17-21(18(29)6-7-27-17)19(9-11)33(31,32)12-4-5-14(24)16(26)10-12/h1-10H,(H,27,29)(H,28,30). The van der Waals surface area contributed by atoms with Crippen molar-refractivity contribution in [3.05, 3.63) is 99.1 Å². The van der Waals surface area contributed by atoms with E-state index in [4.69, 9.17) is 11.6 Å². The molecule has 0 fully saturated rings. The molecule has 2 N–H and O–H groups in total. The van der Waals surface area contributed by atoms with Gasteiger partial charge in [0.2, 0.25) is 9.84 Å². The first kappa shape index (κ1) is 22.6. The first-order valence-electron chi connectivity index (χ1n) is 9.20. The second-order valence-corrected chi connectivity index (χ2v) is 9.19. The van der Waals surface area contributed by atoms with Crippen molar-refractivity contribution < 1.29 is 26.4 Å². The third kappa shape index (κ3) is 4.10. The fraction of sp³-hybridized carbons (Fsp3) is 0. The molecule has 1 heterocycles. The molecule has 0 aliphatic carbocycles. The van der Waals surface area contributed by atoms with E-state index >= 15 is 0 Å². The molecular formula is C22H12ClF3N2O4S. The Morgan fingerprint density at radius 1 is 0.939 bits per heavy atom. The number of aromatic nitrogens is 1. The second kappa shape index (κ2) is 8.38. The number of nitrogens with one attached hydrogen (secondary N) is 2. The predicted molar refractivity (Wildman–Crippen MR) is 116 cm³/mol. The normalized spacial score (nSPS) is 11.5. The molecule has 3 aromatic carbocycles. The molecule has 1 aromatic heterocycles. The van der Waals surface area contributed by atoms with Crippen LogP contribution < -0.4 is 10.7 Å². The molecule has 0 radical (unpaired) electrons. The van der Waals surface area contributed by atoms with Gasteiger partial charge in [-0.3, -0.25) is 9.59 Å². The van der Waals surface area contributed by atoms with E-state index in [0.29, 0.717) is 12.1 Å². The number of H-pyrrole nitrogens is 1.